The van der Waals surface area contributed by atoms with E-state index in [-0.39, 0.29) is 0 Å². The molecule has 18 heavy (non-hydrogen) atoms. The summed E-state index contributed by atoms with van der Waals surface area (Å²) in [6.07, 6.45) is 3.78. The lowest BCUT2D eigenvalue weighted by Crippen LogP contribution is -2.39. The zero-order chi connectivity index (χ0) is 13.0. The first-order valence-electron chi connectivity index (χ1n) is 7.24. The lowest BCUT2D eigenvalue weighted by atomic mass is 9.92. The lowest BCUT2D eigenvalue weighted by molar-refractivity contribution is 0.183. The number of fused-ring (bicyclic) bond motifs is 1. The van der Waals surface area contributed by atoms with Gasteiger partial charge in [0.15, 0.2) is 0 Å². The van der Waals surface area contributed by atoms with Crippen LogP contribution in [-0.2, 0) is 6.42 Å². The van der Waals surface area contributed by atoms with Crippen LogP contribution in [0, 0.1) is 5.92 Å². The predicted molar refractivity (Wildman–Crippen MR) is 77.6 cm³/mol. The quantitative estimate of drug-likeness (QED) is 0.865. The molecule has 0 aliphatic carbocycles. The lowest BCUT2D eigenvalue weighted by Gasteiger charge is -2.36. The van der Waals surface area contributed by atoms with Crippen LogP contribution in [0.4, 0.5) is 0 Å². The summed E-state index contributed by atoms with van der Waals surface area (Å²) in [5, 5.41) is 0. The Labute approximate surface area is 111 Å². The second-order valence-electron chi connectivity index (χ2n) is 5.77. The van der Waals surface area contributed by atoms with Crippen molar-refractivity contribution in [2.45, 2.75) is 39.2 Å². The Morgan fingerprint density at radius 1 is 1.33 bits per heavy atom. The summed E-state index contributed by atoms with van der Waals surface area (Å²) >= 11 is 0. The minimum Gasteiger partial charge on any atom is -0.329 e. The summed E-state index contributed by atoms with van der Waals surface area (Å²) in [5.74, 6) is 0.804. The molecule has 1 aromatic carbocycles. The summed E-state index contributed by atoms with van der Waals surface area (Å²) in [6.45, 7) is 7.68. The van der Waals surface area contributed by atoms with E-state index >= 15 is 0 Å². The molecule has 1 aromatic rings. The molecule has 1 unspecified atom stereocenters. The van der Waals surface area contributed by atoms with Gasteiger partial charge in [-0.2, -0.15) is 0 Å². The summed E-state index contributed by atoms with van der Waals surface area (Å²) < 4.78 is 0. The van der Waals surface area contributed by atoms with E-state index in [4.69, 9.17) is 5.73 Å². The molecule has 2 rings (SSSR count). The molecule has 0 radical (unpaired) electrons. The highest BCUT2D eigenvalue weighted by atomic mass is 15.2. The number of rotatable bonds is 5. The van der Waals surface area contributed by atoms with E-state index < -0.39 is 0 Å². The van der Waals surface area contributed by atoms with Crippen LogP contribution in [0.3, 0.4) is 0 Å². The molecular weight excluding hydrogens is 220 g/mol. The SMILES string of the molecule is CC(C)CCCN1CCc2ccccc2C1CN. The zero-order valence-corrected chi connectivity index (χ0v) is 11.7. The molecule has 2 heteroatoms. The number of hydrogen-bond donors (Lipinski definition) is 1. The van der Waals surface area contributed by atoms with Gasteiger partial charge in [-0.3, -0.25) is 4.90 Å². The number of nitrogens with zero attached hydrogens (tertiary/aromatic N) is 1. The van der Waals surface area contributed by atoms with Gasteiger partial charge in [0.25, 0.3) is 0 Å². The minimum absolute atomic E-state index is 0.433. The van der Waals surface area contributed by atoms with Crippen LogP contribution in [0.1, 0.15) is 43.9 Å². The van der Waals surface area contributed by atoms with Gasteiger partial charge in [-0.05, 0) is 42.9 Å². The van der Waals surface area contributed by atoms with E-state index in [1.54, 1.807) is 0 Å². The first kappa shape index (κ1) is 13.6. The van der Waals surface area contributed by atoms with Crippen molar-refractivity contribution in [1.29, 1.82) is 0 Å². The second kappa shape index (κ2) is 6.35. The molecule has 1 atom stereocenters. The largest absolute Gasteiger partial charge is 0.329 e. The van der Waals surface area contributed by atoms with Gasteiger partial charge in [0.05, 0.1) is 0 Å². The third kappa shape index (κ3) is 3.12. The minimum atomic E-state index is 0.433. The molecule has 100 valence electrons. The maximum atomic E-state index is 6.00. The molecule has 0 saturated heterocycles. The van der Waals surface area contributed by atoms with Gasteiger partial charge in [0.2, 0.25) is 0 Å². The van der Waals surface area contributed by atoms with Crippen molar-refractivity contribution < 1.29 is 0 Å². The van der Waals surface area contributed by atoms with Crippen molar-refractivity contribution >= 4 is 0 Å². The molecule has 2 N–H and O–H groups in total. The number of nitrogens with two attached hydrogens (primary N) is 1. The summed E-state index contributed by atoms with van der Waals surface area (Å²) in [5.41, 5.74) is 8.95. The average molecular weight is 246 g/mol. The maximum Gasteiger partial charge on any atom is 0.0473 e. The van der Waals surface area contributed by atoms with Crippen LogP contribution in [-0.4, -0.2) is 24.5 Å². The molecular formula is C16H26N2. The first-order valence-corrected chi connectivity index (χ1v) is 7.24. The standard InChI is InChI=1S/C16H26N2/c1-13(2)6-5-10-18-11-9-14-7-3-4-8-15(14)16(18)12-17/h3-4,7-8,13,16H,5-6,9-12,17H2,1-2H3. The fraction of sp³-hybridized carbons (Fsp3) is 0.625. The number of hydrogen-bond acceptors (Lipinski definition) is 2. The normalized spacial score (nSPS) is 20.1. The Hall–Kier alpha value is -0.860. The highest BCUT2D eigenvalue weighted by Gasteiger charge is 2.25. The van der Waals surface area contributed by atoms with Gasteiger partial charge in [0, 0.05) is 19.1 Å². The monoisotopic (exact) mass is 246 g/mol. The first-order chi connectivity index (χ1) is 8.72. The Morgan fingerprint density at radius 3 is 2.83 bits per heavy atom. The van der Waals surface area contributed by atoms with Crippen LogP contribution < -0.4 is 5.73 Å². The van der Waals surface area contributed by atoms with E-state index in [1.807, 2.05) is 0 Å². The third-order valence-electron chi connectivity index (χ3n) is 3.97. The molecule has 0 amide bonds. The van der Waals surface area contributed by atoms with Crippen LogP contribution in [0.15, 0.2) is 24.3 Å². The fourth-order valence-electron chi connectivity index (χ4n) is 2.95. The summed E-state index contributed by atoms with van der Waals surface area (Å²) in [6, 6.07) is 9.22. The van der Waals surface area contributed by atoms with Gasteiger partial charge >= 0.3 is 0 Å². The van der Waals surface area contributed by atoms with Crippen molar-refractivity contribution in [3.05, 3.63) is 35.4 Å². The smallest absolute Gasteiger partial charge is 0.0473 e. The Bertz CT molecular complexity index is 373. The fourth-order valence-corrected chi connectivity index (χ4v) is 2.95. The van der Waals surface area contributed by atoms with Crippen molar-refractivity contribution in [1.82, 2.24) is 4.90 Å². The number of benzene rings is 1. The molecule has 1 aliphatic heterocycles. The van der Waals surface area contributed by atoms with Gasteiger partial charge in [-0.25, -0.2) is 0 Å². The molecule has 0 aromatic heterocycles. The van der Waals surface area contributed by atoms with Crippen LogP contribution in [0.5, 0.6) is 0 Å². The van der Waals surface area contributed by atoms with Gasteiger partial charge in [-0.15, -0.1) is 0 Å². The Kier molecular flexibility index (Phi) is 4.79. The Morgan fingerprint density at radius 2 is 2.11 bits per heavy atom. The van der Waals surface area contributed by atoms with Crippen LogP contribution in [0.25, 0.3) is 0 Å². The molecule has 0 bridgehead atoms. The summed E-state index contributed by atoms with van der Waals surface area (Å²) in [7, 11) is 0. The summed E-state index contributed by atoms with van der Waals surface area (Å²) in [4.78, 5) is 2.57. The van der Waals surface area contributed by atoms with Crippen molar-refractivity contribution in [2.75, 3.05) is 19.6 Å². The maximum absolute atomic E-state index is 6.00. The highest BCUT2D eigenvalue weighted by molar-refractivity contribution is 5.32. The molecule has 0 saturated carbocycles. The van der Waals surface area contributed by atoms with E-state index in [0.29, 0.717) is 6.04 Å². The van der Waals surface area contributed by atoms with Gasteiger partial charge in [0.1, 0.15) is 0 Å². The van der Waals surface area contributed by atoms with E-state index in [2.05, 4.69) is 43.0 Å². The third-order valence-corrected chi connectivity index (χ3v) is 3.97. The van der Waals surface area contributed by atoms with Crippen molar-refractivity contribution in [3.63, 3.8) is 0 Å². The van der Waals surface area contributed by atoms with Gasteiger partial charge < -0.3 is 5.73 Å². The van der Waals surface area contributed by atoms with E-state index in [0.717, 1.165) is 19.0 Å². The van der Waals surface area contributed by atoms with Crippen molar-refractivity contribution in [3.8, 4) is 0 Å². The molecule has 1 aliphatic rings. The molecule has 0 spiro atoms. The topological polar surface area (TPSA) is 29.3 Å². The molecule has 2 nitrogen and oxygen atoms in total. The van der Waals surface area contributed by atoms with E-state index in [1.165, 1.54) is 36.9 Å². The second-order valence-corrected chi connectivity index (χ2v) is 5.77. The van der Waals surface area contributed by atoms with Crippen LogP contribution >= 0.6 is 0 Å². The zero-order valence-electron chi connectivity index (χ0n) is 11.7. The van der Waals surface area contributed by atoms with Crippen LogP contribution in [0.2, 0.25) is 0 Å². The average Bonchev–Trinajstić information content (AvgIpc) is 2.38. The van der Waals surface area contributed by atoms with Gasteiger partial charge in [-0.1, -0.05) is 38.1 Å². The van der Waals surface area contributed by atoms with E-state index in [9.17, 15) is 0 Å². The Balaban J connectivity index is 2.01. The molecule has 0 fully saturated rings. The highest BCUT2D eigenvalue weighted by Crippen LogP contribution is 2.29. The predicted octanol–water partition coefficient (Wildman–Crippen LogP) is 2.98. The van der Waals surface area contributed by atoms with Crippen molar-refractivity contribution in [2.24, 2.45) is 11.7 Å². The molecule has 1 heterocycles.